The fourth-order valence-corrected chi connectivity index (χ4v) is 3.00. The topological polar surface area (TPSA) is 87.7 Å². The first-order valence-electron chi connectivity index (χ1n) is 7.85. The number of H-pyrrole nitrogens is 1. The van der Waals surface area contributed by atoms with Crippen molar-refractivity contribution < 1.29 is 4.79 Å². The Labute approximate surface area is 149 Å². The van der Waals surface area contributed by atoms with E-state index in [-0.39, 0.29) is 17.9 Å². The summed E-state index contributed by atoms with van der Waals surface area (Å²) < 4.78 is 0. The molecule has 2 N–H and O–H groups in total. The summed E-state index contributed by atoms with van der Waals surface area (Å²) in [6.45, 7) is 1.79. The second-order valence-corrected chi connectivity index (χ2v) is 6.40. The molecule has 7 heteroatoms. The number of para-hydroxylation sites is 1. The van der Waals surface area contributed by atoms with E-state index >= 15 is 0 Å². The molecule has 0 spiro atoms. The zero-order chi connectivity index (χ0) is 17.8. The van der Waals surface area contributed by atoms with Crippen molar-refractivity contribution in [3.63, 3.8) is 0 Å². The number of fused-ring (bicyclic) bond motifs is 1. The van der Waals surface area contributed by atoms with Crippen LogP contribution in [0.5, 0.6) is 0 Å². The maximum atomic E-state index is 12.2. The van der Waals surface area contributed by atoms with Crippen LogP contribution in [0.15, 0.2) is 46.5 Å². The predicted molar refractivity (Wildman–Crippen MR) is 100 cm³/mol. The number of anilines is 1. The van der Waals surface area contributed by atoms with Crippen molar-refractivity contribution in [2.24, 2.45) is 0 Å². The van der Waals surface area contributed by atoms with Gasteiger partial charge in [-0.2, -0.15) is 0 Å². The number of aromatic amines is 1. The third-order valence-electron chi connectivity index (χ3n) is 3.87. The van der Waals surface area contributed by atoms with Gasteiger partial charge >= 0.3 is 0 Å². The van der Waals surface area contributed by atoms with E-state index in [2.05, 4.69) is 20.3 Å². The van der Waals surface area contributed by atoms with Crippen LogP contribution in [0.25, 0.3) is 10.9 Å². The van der Waals surface area contributed by atoms with Crippen LogP contribution in [0.3, 0.4) is 0 Å². The zero-order valence-electron chi connectivity index (χ0n) is 14.0. The molecule has 6 nitrogen and oxygen atoms in total. The van der Waals surface area contributed by atoms with Gasteiger partial charge in [-0.15, -0.1) is 0 Å². The molecule has 2 aromatic heterocycles. The van der Waals surface area contributed by atoms with Gasteiger partial charge in [0.2, 0.25) is 5.91 Å². The summed E-state index contributed by atoms with van der Waals surface area (Å²) in [5.74, 6) is -0.162. The van der Waals surface area contributed by atoms with Crippen LogP contribution >= 0.6 is 11.8 Å². The molecule has 0 aliphatic carbocycles. The molecule has 0 bridgehead atoms. The number of amides is 1. The number of hydrogen-bond acceptors (Lipinski definition) is 5. The molecule has 0 saturated carbocycles. The molecule has 0 atom stereocenters. The van der Waals surface area contributed by atoms with Crippen molar-refractivity contribution in [2.75, 3.05) is 11.6 Å². The minimum Gasteiger partial charge on any atom is -0.325 e. The van der Waals surface area contributed by atoms with E-state index in [0.29, 0.717) is 28.5 Å². The molecule has 1 aromatic carbocycles. The minimum atomic E-state index is -0.183. The quantitative estimate of drug-likeness (QED) is 0.543. The monoisotopic (exact) mass is 354 g/mol. The van der Waals surface area contributed by atoms with E-state index in [1.54, 1.807) is 13.1 Å². The van der Waals surface area contributed by atoms with Crippen LogP contribution in [0.1, 0.15) is 17.7 Å². The average molecular weight is 354 g/mol. The van der Waals surface area contributed by atoms with Crippen LogP contribution in [0.2, 0.25) is 0 Å². The molecule has 128 valence electrons. The molecule has 0 aliphatic rings. The van der Waals surface area contributed by atoms with Crippen molar-refractivity contribution in [1.29, 1.82) is 0 Å². The number of carbonyl (C=O) groups is 1. The first-order valence-corrected chi connectivity index (χ1v) is 9.07. The van der Waals surface area contributed by atoms with Crippen molar-refractivity contribution in [1.82, 2.24) is 15.0 Å². The highest BCUT2D eigenvalue weighted by molar-refractivity contribution is 7.98. The molecule has 1 amide bonds. The average Bonchev–Trinajstić information content (AvgIpc) is 2.60. The second-order valence-electron chi connectivity index (χ2n) is 5.60. The van der Waals surface area contributed by atoms with Crippen LogP contribution < -0.4 is 10.9 Å². The summed E-state index contributed by atoms with van der Waals surface area (Å²) in [5, 5.41) is 4.37. The van der Waals surface area contributed by atoms with Crippen LogP contribution in [-0.2, 0) is 11.2 Å². The van der Waals surface area contributed by atoms with Crippen molar-refractivity contribution in [3.05, 3.63) is 58.1 Å². The number of nitrogens with zero attached hydrogens (tertiary/aromatic N) is 2. The lowest BCUT2D eigenvalue weighted by atomic mass is 10.1. The van der Waals surface area contributed by atoms with Crippen molar-refractivity contribution in [3.8, 4) is 0 Å². The third kappa shape index (κ3) is 4.06. The summed E-state index contributed by atoms with van der Waals surface area (Å²) in [6, 6.07) is 9.59. The van der Waals surface area contributed by atoms with Crippen molar-refractivity contribution in [2.45, 2.75) is 24.9 Å². The van der Waals surface area contributed by atoms with Gasteiger partial charge in [0.25, 0.3) is 5.56 Å². The number of nitrogens with one attached hydrogen (secondary N) is 2. The molecule has 2 heterocycles. The van der Waals surface area contributed by atoms with E-state index < -0.39 is 0 Å². The van der Waals surface area contributed by atoms with Gasteiger partial charge in [0.05, 0.1) is 17.4 Å². The number of pyridine rings is 1. The van der Waals surface area contributed by atoms with E-state index in [0.717, 1.165) is 10.9 Å². The summed E-state index contributed by atoms with van der Waals surface area (Å²) in [4.78, 5) is 35.6. The number of aromatic nitrogens is 3. The molecule has 0 radical (unpaired) electrons. The maximum Gasteiger partial charge on any atom is 0.254 e. The van der Waals surface area contributed by atoms with E-state index in [1.807, 2.05) is 36.6 Å². The van der Waals surface area contributed by atoms with E-state index in [1.165, 1.54) is 11.8 Å². The summed E-state index contributed by atoms with van der Waals surface area (Å²) >= 11 is 1.38. The van der Waals surface area contributed by atoms with Crippen molar-refractivity contribution >= 4 is 34.3 Å². The first-order chi connectivity index (χ1) is 12.1. The summed E-state index contributed by atoms with van der Waals surface area (Å²) in [7, 11) is 0. The van der Waals surface area contributed by atoms with Crippen LogP contribution in [-0.4, -0.2) is 27.1 Å². The molecule has 0 fully saturated rings. The first kappa shape index (κ1) is 17.2. The Morgan fingerprint density at radius 2 is 2.12 bits per heavy atom. The highest BCUT2D eigenvalue weighted by Gasteiger charge is 2.11. The lowest BCUT2D eigenvalue weighted by molar-refractivity contribution is -0.116. The number of aryl methyl sites for hydroxylation is 1. The van der Waals surface area contributed by atoms with Gasteiger partial charge in [0, 0.05) is 23.1 Å². The predicted octanol–water partition coefficient (Wildman–Crippen LogP) is 2.92. The molecule has 0 aliphatic heterocycles. The van der Waals surface area contributed by atoms with E-state index in [4.69, 9.17) is 0 Å². The lowest BCUT2D eigenvalue weighted by Crippen LogP contribution is -2.20. The highest BCUT2D eigenvalue weighted by atomic mass is 32.2. The largest absolute Gasteiger partial charge is 0.325 e. The Balaban J connectivity index is 1.67. The Hall–Kier alpha value is -2.67. The zero-order valence-corrected chi connectivity index (χ0v) is 14.8. The molecule has 0 saturated heterocycles. The van der Waals surface area contributed by atoms with Gasteiger partial charge in [-0.1, -0.05) is 30.0 Å². The fourth-order valence-electron chi connectivity index (χ4n) is 2.58. The number of benzene rings is 1. The number of rotatable bonds is 5. The maximum absolute atomic E-state index is 12.2. The molecule has 0 unspecified atom stereocenters. The molecular weight excluding hydrogens is 336 g/mol. The number of thioether (sulfide) groups is 1. The Kier molecular flexibility index (Phi) is 5.14. The Morgan fingerprint density at radius 1 is 1.32 bits per heavy atom. The van der Waals surface area contributed by atoms with Gasteiger partial charge in [-0.3, -0.25) is 14.6 Å². The molecular formula is C18H18N4O2S. The number of hydrogen-bond donors (Lipinski definition) is 2. The normalized spacial score (nSPS) is 10.8. The Morgan fingerprint density at radius 3 is 2.88 bits per heavy atom. The lowest BCUT2D eigenvalue weighted by Gasteiger charge is -2.08. The highest BCUT2D eigenvalue weighted by Crippen LogP contribution is 2.16. The standard InChI is InChI=1S/C18H18N4O2S/c1-11-14(17(24)22-18(20-11)25-2)7-8-16(23)21-13-9-12-5-3-4-6-15(12)19-10-13/h3-6,9-10H,7-8H2,1-2H3,(H,21,23)(H,20,22,24). The third-order valence-corrected chi connectivity index (χ3v) is 4.45. The van der Waals surface area contributed by atoms with Gasteiger partial charge in [0.1, 0.15) is 0 Å². The minimum absolute atomic E-state index is 0.162. The van der Waals surface area contributed by atoms with Gasteiger partial charge in [0.15, 0.2) is 5.16 Å². The fraction of sp³-hybridized carbons (Fsp3) is 0.222. The van der Waals surface area contributed by atoms with E-state index in [9.17, 15) is 9.59 Å². The van der Waals surface area contributed by atoms with Gasteiger partial charge in [-0.25, -0.2) is 4.98 Å². The Bertz CT molecular complexity index is 984. The number of carbonyl (C=O) groups excluding carboxylic acids is 1. The molecule has 25 heavy (non-hydrogen) atoms. The molecule has 3 aromatic rings. The smallest absolute Gasteiger partial charge is 0.254 e. The van der Waals surface area contributed by atoms with Gasteiger partial charge in [-0.05, 0) is 31.7 Å². The summed E-state index contributed by atoms with van der Waals surface area (Å²) in [6.07, 6.45) is 4.03. The second kappa shape index (κ2) is 7.48. The summed E-state index contributed by atoms with van der Waals surface area (Å²) in [5.41, 5.74) is 2.54. The van der Waals surface area contributed by atoms with Crippen LogP contribution in [0.4, 0.5) is 5.69 Å². The SMILES string of the molecule is CSc1nc(C)c(CCC(=O)Nc2cnc3ccccc3c2)c(=O)[nH]1. The van der Waals surface area contributed by atoms with Gasteiger partial charge < -0.3 is 10.3 Å². The van der Waals surface area contributed by atoms with Crippen LogP contribution in [0, 0.1) is 6.92 Å². The molecule has 3 rings (SSSR count).